The van der Waals surface area contributed by atoms with Crippen LogP contribution in [0, 0.1) is 0 Å². The Hall–Kier alpha value is -0.610. The maximum absolute atomic E-state index is 5.11. The number of hydrogen-bond donors (Lipinski definition) is 0. The molecule has 80 valence electrons. The van der Waals surface area contributed by atoms with Gasteiger partial charge in [-0.3, -0.25) is 0 Å². The maximum Gasteiger partial charge on any atom is 0.185 e. The van der Waals surface area contributed by atoms with Crippen molar-refractivity contribution in [2.75, 3.05) is 25.7 Å². The van der Waals surface area contributed by atoms with E-state index in [1.165, 1.54) is 5.69 Å². The van der Waals surface area contributed by atoms with Crippen LogP contribution in [0.4, 0.5) is 5.13 Å². The molecule has 0 N–H and O–H groups in total. The highest BCUT2D eigenvalue weighted by atomic mass is 32.1. The number of rotatable bonds is 5. The van der Waals surface area contributed by atoms with Crippen LogP contribution in [0.25, 0.3) is 0 Å². The molecule has 0 aliphatic carbocycles. The minimum Gasteiger partial charge on any atom is -0.383 e. The number of aromatic nitrogens is 1. The third kappa shape index (κ3) is 2.69. The van der Waals surface area contributed by atoms with Crippen LogP contribution in [0.3, 0.4) is 0 Å². The van der Waals surface area contributed by atoms with Crippen molar-refractivity contribution in [1.82, 2.24) is 4.98 Å². The van der Waals surface area contributed by atoms with Crippen molar-refractivity contribution in [3.05, 3.63) is 11.1 Å². The van der Waals surface area contributed by atoms with Gasteiger partial charge in [0.2, 0.25) is 0 Å². The van der Waals surface area contributed by atoms with Crippen LogP contribution in [0.2, 0.25) is 0 Å². The number of methoxy groups -OCH3 is 1. The van der Waals surface area contributed by atoms with Crippen LogP contribution >= 0.6 is 11.3 Å². The molecule has 0 unspecified atom stereocenters. The number of likely N-dealkylation sites (N-methyl/N-ethyl adjacent to an activating group) is 1. The first-order valence-electron chi connectivity index (χ1n) is 4.85. The smallest absolute Gasteiger partial charge is 0.185 e. The van der Waals surface area contributed by atoms with E-state index in [0.717, 1.165) is 18.2 Å². The fourth-order valence-electron chi connectivity index (χ4n) is 1.16. The molecule has 0 aliphatic rings. The van der Waals surface area contributed by atoms with Crippen molar-refractivity contribution in [2.45, 2.75) is 26.3 Å². The molecule has 1 aromatic rings. The lowest BCUT2D eigenvalue weighted by atomic mass is 10.3. The number of ether oxygens (including phenoxy) is 1. The predicted molar refractivity (Wildman–Crippen MR) is 61.2 cm³/mol. The Labute approximate surface area is 89.7 Å². The topological polar surface area (TPSA) is 25.4 Å². The molecule has 0 aromatic carbocycles. The van der Waals surface area contributed by atoms with Crippen LogP contribution in [0.1, 0.15) is 19.5 Å². The fourth-order valence-corrected chi connectivity index (χ4v) is 2.14. The monoisotopic (exact) mass is 214 g/mol. The van der Waals surface area contributed by atoms with Gasteiger partial charge < -0.3 is 9.64 Å². The molecule has 4 heteroatoms. The van der Waals surface area contributed by atoms with Crippen LogP contribution in [-0.4, -0.2) is 31.8 Å². The lowest BCUT2D eigenvalue weighted by Crippen LogP contribution is -2.32. The Balaban J connectivity index is 2.63. The lowest BCUT2D eigenvalue weighted by Gasteiger charge is -2.23. The minimum absolute atomic E-state index is 0.371. The highest BCUT2D eigenvalue weighted by Crippen LogP contribution is 2.21. The van der Waals surface area contributed by atoms with Gasteiger partial charge in [-0.1, -0.05) is 6.92 Å². The maximum atomic E-state index is 5.11. The molecule has 0 bridgehead atoms. The van der Waals surface area contributed by atoms with Crippen molar-refractivity contribution in [3.63, 3.8) is 0 Å². The summed E-state index contributed by atoms with van der Waals surface area (Å²) in [6, 6.07) is 0.371. The summed E-state index contributed by atoms with van der Waals surface area (Å²) in [7, 11) is 3.78. The first-order valence-corrected chi connectivity index (χ1v) is 5.73. The van der Waals surface area contributed by atoms with Gasteiger partial charge in [0.05, 0.1) is 18.3 Å². The number of nitrogens with zero attached hydrogens (tertiary/aromatic N) is 2. The molecule has 14 heavy (non-hydrogen) atoms. The quantitative estimate of drug-likeness (QED) is 0.751. The molecule has 0 saturated heterocycles. The number of hydrogen-bond acceptors (Lipinski definition) is 4. The standard InChI is InChI=1S/C10H18N2OS/c1-5-9-7-14-10(11-9)12(3)8(2)6-13-4/h7-8H,5-6H2,1-4H3/t8-/m0/s1. The summed E-state index contributed by atoms with van der Waals surface area (Å²) in [5, 5.41) is 3.19. The molecule has 1 atom stereocenters. The predicted octanol–water partition coefficient (Wildman–Crippen LogP) is 2.18. The third-order valence-electron chi connectivity index (χ3n) is 2.27. The Kier molecular flexibility index (Phi) is 4.35. The van der Waals surface area contributed by atoms with Crippen LogP contribution in [0.5, 0.6) is 0 Å². The molecular formula is C10H18N2OS. The van der Waals surface area contributed by atoms with E-state index >= 15 is 0 Å². The second kappa shape index (κ2) is 5.32. The summed E-state index contributed by atoms with van der Waals surface area (Å²) in [4.78, 5) is 6.68. The van der Waals surface area contributed by atoms with E-state index in [4.69, 9.17) is 4.74 Å². The Morgan fingerprint density at radius 1 is 1.64 bits per heavy atom. The van der Waals surface area contributed by atoms with Crippen molar-refractivity contribution >= 4 is 16.5 Å². The van der Waals surface area contributed by atoms with E-state index < -0.39 is 0 Å². The zero-order valence-electron chi connectivity index (χ0n) is 9.28. The van der Waals surface area contributed by atoms with Crippen LogP contribution in [0.15, 0.2) is 5.38 Å². The van der Waals surface area contributed by atoms with E-state index in [1.54, 1.807) is 18.4 Å². The Morgan fingerprint density at radius 3 is 2.86 bits per heavy atom. The second-order valence-corrected chi connectivity index (χ2v) is 4.23. The molecule has 0 spiro atoms. The number of aryl methyl sites for hydroxylation is 1. The van der Waals surface area contributed by atoms with Crippen LogP contribution < -0.4 is 4.90 Å². The summed E-state index contributed by atoms with van der Waals surface area (Å²) in [6.45, 7) is 4.99. The van der Waals surface area contributed by atoms with Gasteiger partial charge in [0.15, 0.2) is 5.13 Å². The van der Waals surface area contributed by atoms with E-state index in [1.807, 2.05) is 0 Å². The minimum atomic E-state index is 0.371. The van der Waals surface area contributed by atoms with Crippen molar-refractivity contribution in [1.29, 1.82) is 0 Å². The van der Waals surface area contributed by atoms with E-state index in [0.29, 0.717) is 6.04 Å². The Morgan fingerprint density at radius 2 is 2.36 bits per heavy atom. The summed E-state index contributed by atoms with van der Waals surface area (Å²) in [5.41, 5.74) is 1.17. The van der Waals surface area contributed by atoms with Crippen molar-refractivity contribution in [2.24, 2.45) is 0 Å². The second-order valence-electron chi connectivity index (χ2n) is 3.39. The summed E-state index contributed by atoms with van der Waals surface area (Å²) in [6.07, 6.45) is 1.00. The van der Waals surface area contributed by atoms with Gasteiger partial charge in [0, 0.05) is 19.5 Å². The van der Waals surface area contributed by atoms with Crippen LogP contribution in [-0.2, 0) is 11.2 Å². The normalized spacial score (nSPS) is 12.9. The highest BCUT2D eigenvalue weighted by Gasteiger charge is 2.12. The van der Waals surface area contributed by atoms with Gasteiger partial charge in [-0.25, -0.2) is 4.98 Å². The molecule has 0 aliphatic heterocycles. The van der Waals surface area contributed by atoms with Crippen molar-refractivity contribution in [3.8, 4) is 0 Å². The van der Waals surface area contributed by atoms with E-state index in [2.05, 4.69) is 36.2 Å². The molecule has 0 radical (unpaired) electrons. The molecule has 1 heterocycles. The van der Waals surface area contributed by atoms with Gasteiger partial charge in [0.25, 0.3) is 0 Å². The molecular weight excluding hydrogens is 196 g/mol. The molecule has 0 amide bonds. The van der Waals surface area contributed by atoms with E-state index in [-0.39, 0.29) is 0 Å². The number of thiazole rings is 1. The third-order valence-corrected chi connectivity index (χ3v) is 3.25. The Bertz CT molecular complexity index is 275. The first kappa shape index (κ1) is 11.5. The molecule has 0 saturated carbocycles. The SMILES string of the molecule is CCc1csc(N(C)[C@@H](C)COC)n1. The average molecular weight is 214 g/mol. The van der Waals surface area contributed by atoms with E-state index in [9.17, 15) is 0 Å². The zero-order valence-corrected chi connectivity index (χ0v) is 10.1. The molecule has 1 rings (SSSR count). The molecule has 3 nitrogen and oxygen atoms in total. The van der Waals surface area contributed by atoms with Gasteiger partial charge >= 0.3 is 0 Å². The highest BCUT2D eigenvalue weighted by molar-refractivity contribution is 7.13. The summed E-state index contributed by atoms with van der Waals surface area (Å²) >= 11 is 1.70. The average Bonchev–Trinajstić information content (AvgIpc) is 2.65. The summed E-state index contributed by atoms with van der Waals surface area (Å²) in [5.74, 6) is 0. The largest absolute Gasteiger partial charge is 0.383 e. The number of anilines is 1. The van der Waals surface area contributed by atoms with Gasteiger partial charge in [-0.05, 0) is 13.3 Å². The van der Waals surface area contributed by atoms with Gasteiger partial charge in [-0.2, -0.15) is 0 Å². The summed E-state index contributed by atoms with van der Waals surface area (Å²) < 4.78 is 5.11. The lowest BCUT2D eigenvalue weighted by molar-refractivity contribution is 0.183. The zero-order chi connectivity index (χ0) is 10.6. The van der Waals surface area contributed by atoms with Gasteiger partial charge in [0.1, 0.15) is 0 Å². The first-order chi connectivity index (χ1) is 6.69. The molecule has 1 aromatic heterocycles. The van der Waals surface area contributed by atoms with Gasteiger partial charge in [-0.15, -0.1) is 11.3 Å². The van der Waals surface area contributed by atoms with Crippen molar-refractivity contribution < 1.29 is 4.74 Å². The fraction of sp³-hybridized carbons (Fsp3) is 0.700. The molecule has 0 fully saturated rings.